The molecule has 1 amide bonds. The van der Waals surface area contributed by atoms with Gasteiger partial charge in [0.25, 0.3) is 0 Å². The third-order valence-electron chi connectivity index (χ3n) is 5.05. The Kier molecular flexibility index (Phi) is 7.73. The predicted octanol–water partition coefficient (Wildman–Crippen LogP) is 4.72. The highest BCUT2D eigenvalue weighted by Crippen LogP contribution is 2.27. The van der Waals surface area contributed by atoms with Crippen LogP contribution < -0.4 is 5.32 Å². The van der Waals surface area contributed by atoms with Crippen LogP contribution in [0.25, 0.3) is 0 Å². The molecule has 0 aromatic heterocycles. The quantitative estimate of drug-likeness (QED) is 0.600. The molecule has 29 heavy (non-hydrogen) atoms. The lowest BCUT2D eigenvalue weighted by atomic mass is 9.99. The van der Waals surface area contributed by atoms with E-state index < -0.39 is 10.0 Å². The van der Waals surface area contributed by atoms with Gasteiger partial charge in [-0.1, -0.05) is 41.9 Å². The average Bonchev–Trinajstić information content (AvgIpc) is 2.71. The number of halogens is 2. The molecule has 1 saturated heterocycles. The van der Waals surface area contributed by atoms with Gasteiger partial charge in [0, 0.05) is 23.2 Å². The van der Waals surface area contributed by atoms with E-state index in [-0.39, 0.29) is 24.1 Å². The van der Waals surface area contributed by atoms with Crippen LogP contribution in [0.4, 0.5) is 5.69 Å². The smallest absolute Gasteiger partial charge is 0.228 e. The van der Waals surface area contributed by atoms with Gasteiger partial charge in [0.05, 0.1) is 16.7 Å². The molecule has 1 aliphatic heterocycles. The van der Waals surface area contributed by atoms with Gasteiger partial charge >= 0.3 is 0 Å². The standard InChI is InChI=1S/C21H24BrClN2O3S/c22-19-11-10-18(14-20(19)23)24-21(26)17-9-4-12-25(15-17)29(27,28)13-5-8-16-6-2-1-3-7-16/h1-3,6-7,10-11,14,17H,4-5,8-9,12-13,15H2,(H,24,26)/t17-/m1/s1. The van der Waals surface area contributed by atoms with Gasteiger partial charge in [0.2, 0.25) is 15.9 Å². The molecular weight excluding hydrogens is 476 g/mol. The van der Waals surface area contributed by atoms with Crippen molar-refractivity contribution in [2.45, 2.75) is 25.7 Å². The molecule has 2 aromatic carbocycles. The van der Waals surface area contributed by atoms with Crippen molar-refractivity contribution in [2.24, 2.45) is 5.92 Å². The number of anilines is 1. The van der Waals surface area contributed by atoms with Crippen LogP contribution in [-0.2, 0) is 21.2 Å². The minimum Gasteiger partial charge on any atom is -0.326 e. The first kappa shape index (κ1) is 22.3. The number of carbonyl (C=O) groups excluding carboxylic acids is 1. The first-order chi connectivity index (χ1) is 13.8. The Hall–Kier alpha value is -1.41. The number of aryl methyl sites for hydroxylation is 1. The summed E-state index contributed by atoms with van der Waals surface area (Å²) in [7, 11) is -3.38. The number of nitrogens with one attached hydrogen (secondary N) is 1. The number of hydrogen-bond donors (Lipinski definition) is 1. The Morgan fingerprint density at radius 1 is 1.21 bits per heavy atom. The summed E-state index contributed by atoms with van der Waals surface area (Å²) in [5.41, 5.74) is 1.73. The molecule has 1 N–H and O–H groups in total. The molecule has 0 unspecified atom stereocenters. The van der Waals surface area contributed by atoms with Crippen LogP contribution in [0.1, 0.15) is 24.8 Å². The summed E-state index contributed by atoms with van der Waals surface area (Å²) in [5, 5.41) is 3.36. The van der Waals surface area contributed by atoms with Gasteiger partial charge in [-0.2, -0.15) is 0 Å². The lowest BCUT2D eigenvalue weighted by molar-refractivity contribution is -0.120. The third kappa shape index (κ3) is 6.28. The Morgan fingerprint density at radius 3 is 2.69 bits per heavy atom. The lowest BCUT2D eigenvalue weighted by Gasteiger charge is -2.31. The maximum atomic E-state index is 12.8. The highest BCUT2D eigenvalue weighted by molar-refractivity contribution is 9.10. The summed E-state index contributed by atoms with van der Waals surface area (Å²) in [5.74, 6) is -0.443. The van der Waals surface area contributed by atoms with Crippen LogP contribution in [-0.4, -0.2) is 37.5 Å². The lowest BCUT2D eigenvalue weighted by Crippen LogP contribution is -2.44. The molecule has 1 fully saturated rings. The second-order valence-corrected chi connectivity index (χ2v) is 10.6. The summed E-state index contributed by atoms with van der Waals surface area (Å²) < 4.78 is 27.7. The molecule has 3 rings (SSSR count). The van der Waals surface area contributed by atoms with Crippen molar-refractivity contribution >= 4 is 49.1 Å². The molecule has 5 nitrogen and oxygen atoms in total. The molecule has 1 heterocycles. The molecule has 156 valence electrons. The molecule has 0 bridgehead atoms. The van der Waals surface area contributed by atoms with Gasteiger partial charge in [-0.3, -0.25) is 4.79 Å². The van der Waals surface area contributed by atoms with Gasteiger partial charge < -0.3 is 5.32 Å². The van der Waals surface area contributed by atoms with Gasteiger partial charge in [0.1, 0.15) is 0 Å². The second kappa shape index (κ2) is 10.1. The van der Waals surface area contributed by atoms with Crippen molar-refractivity contribution in [3.05, 3.63) is 63.6 Å². The van der Waals surface area contributed by atoms with E-state index in [1.54, 1.807) is 18.2 Å². The topological polar surface area (TPSA) is 66.5 Å². The van der Waals surface area contributed by atoms with E-state index >= 15 is 0 Å². The Balaban J connectivity index is 1.55. The van der Waals surface area contributed by atoms with Crippen LogP contribution >= 0.6 is 27.5 Å². The molecule has 8 heteroatoms. The zero-order valence-corrected chi connectivity index (χ0v) is 19.1. The predicted molar refractivity (Wildman–Crippen MR) is 121 cm³/mol. The van der Waals surface area contributed by atoms with E-state index in [1.807, 2.05) is 30.3 Å². The van der Waals surface area contributed by atoms with Crippen molar-refractivity contribution in [3.63, 3.8) is 0 Å². The third-order valence-corrected chi connectivity index (χ3v) is 8.20. The number of hydrogen-bond acceptors (Lipinski definition) is 3. The van der Waals surface area contributed by atoms with Crippen LogP contribution in [0.5, 0.6) is 0 Å². The van der Waals surface area contributed by atoms with Crippen molar-refractivity contribution in [3.8, 4) is 0 Å². The maximum Gasteiger partial charge on any atom is 0.228 e. The number of nitrogens with zero attached hydrogens (tertiary/aromatic N) is 1. The molecule has 1 atom stereocenters. The maximum absolute atomic E-state index is 12.8. The average molecular weight is 500 g/mol. The molecule has 1 aliphatic rings. The molecule has 0 aliphatic carbocycles. The zero-order valence-electron chi connectivity index (χ0n) is 16.0. The molecule has 0 radical (unpaired) electrons. The molecular formula is C21H24BrClN2O3S. The monoisotopic (exact) mass is 498 g/mol. The summed E-state index contributed by atoms with van der Waals surface area (Å²) in [6, 6.07) is 15.1. The van der Waals surface area contributed by atoms with Crippen molar-refractivity contribution in [2.75, 3.05) is 24.2 Å². The second-order valence-electron chi connectivity index (χ2n) is 7.22. The molecule has 2 aromatic rings. The molecule has 0 saturated carbocycles. The van der Waals surface area contributed by atoms with E-state index in [9.17, 15) is 13.2 Å². The minimum atomic E-state index is -3.38. The largest absolute Gasteiger partial charge is 0.326 e. The van der Waals surface area contributed by atoms with Gasteiger partial charge in [0.15, 0.2) is 0 Å². The van der Waals surface area contributed by atoms with E-state index in [2.05, 4.69) is 21.2 Å². The summed E-state index contributed by atoms with van der Waals surface area (Å²) in [6.45, 7) is 0.700. The van der Waals surface area contributed by atoms with Crippen molar-refractivity contribution in [1.82, 2.24) is 4.31 Å². The number of benzene rings is 2. The fourth-order valence-electron chi connectivity index (χ4n) is 3.46. The van der Waals surface area contributed by atoms with E-state index in [1.165, 1.54) is 4.31 Å². The van der Waals surface area contributed by atoms with Gasteiger partial charge in [-0.25, -0.2) is 12.7 Å². The highest BCUT2D eigenvalue weighted by atomic mass is 79.9. The van der Waals surface area contributed by atoms with Crippen molar-refractivity contribution in [1.29, 1.82) is 0 Å². The Labute approximate surface area is 185 Å². The van der Waals surface area contributed by atoms with Crippen LogP contribution in [0, 0.1) is 5.92 Å². The molecule has 0 spiro atoms. The fourth-order valence-corrected chi connectivity index (χ4v) is 5.47. The van der Waals surface area contributed by atoms with E-state index in [0.29, 0.717) is 36.5 Å². The SMILES string of the molecule is O=C(Nc1ccc(Br)c(Cl)c1)[C@@H]1CCCN(S(=O)(=O)CCCc2ccccc2)C1. The highest BCUT2D eigenvalue weighted by Gasteiger charge is 2.32. The summed E-state index contributed by atoms with van der Waals surface area (Å²) in [6.07, 6.45) is 2.64. The Bertz CT molecular complexity index is 954. The van der Waals surface area contributed by atoms with E-state index in [0.717, 1.165) is 16.5 Å². The number of rotatable bonds is 7. The first-order valence-corrected chi connectivity index (χ1v) is 12.4. The number of carbonyl (C=O) groups is 1. The van der Waals surface area contributed by atoms with Gasteiger partial charge in [-0.05, 0) is 65.4 Å². The fraction of sp³-hybridized carbons (Fsp3) is 0.381. The number of piperidine rings is 1. The minimum absolute atomic E-state index is 0.0958. The summed E-state index contributed by atoms with van der Waals surface area (Å²) in [4.78, 5) is 12.6. The van der Waals surface area contributed by atoms with Crippen LogP contribution in [0.15, 0.2) is 53.0 Å². The first-order valence-electron chi connectivity index (χ1n) is 9.63. The number of amides is 1. The summed E-state index contributed by atoms with van der Waals surface area (Å²) >= 11 is 9.39. The Morgan fingerprint density at radius 2 is 1.97 bits per heavy atom. The zero-order chi connectivity index (χ0) is 20.9. The number of sulfonamides is 1. The normalized spacial score (nSPS) is 17.8. The van der Waals surface area contributed by atoms with Crippen molar-refractivity contribution < 1.29 is 13.2 Å². The van der Waals surface area contributed by atoms with Gasteiger partial charge in [-0.15, -0.1) is 0 Å². The van der Waals surface area contributed by atoms with Crippen LogP contribution in [0.3, 0.4) is 0 Å². The van der Waals surface area contributed by atoms with Crippen LogP contribution in [0.2, 0.25) is 5.02 Å². The van der Waals surface area contributed by atoms with E-state index in [4.69, 9.17) is 11.6 Å².